The summed E-state index contributed by atoms with van der Waals surface area (Å²) in [6, 6.07) is 5.72. The number of halogens is 1. The minimum absolute atomic E-state index is 0. The van der Waals surface area contributed by atoms with Crippen LogP contribution in [0.3, 0.4) is 0 Å². The molecule has 1 aliphatic rings. The van der Waals surface area contributed by atoms with E-state index < -0.39 is 37.3 Å². The Hall–Kier alpha value is -0.840. The molecule has 0 unspecified atom stereocenters. The molecule has 2 rings (SSSR count). The molecule has 20 heavy (non-hydrogen) atoms. The first-order valence-corrected chi connectivity index (χ1v) is 5.58. The van der Waals surface area contributed by atoms with E-state index in [-0.39, 0.29) is 12.4 Å². The van der Waals surface area contributed by atoms with Gasteiger partial charge in [-0.05, 0) is 12.1 Å². The Labute approximate surface area is 121 Å². The summed E-state index contributed by atoms with van der Waals surface area (Å²) in [6.07, 6.45) is -3.71. The minimum atomic E-state index is -1.65. The van der Waals surface area contributed by atoms with Crippen molar-refractivity contribution < 1.29 is 35.3 Å². The van der Waals surface area contributed by atoms with Crippen LogP contribution in [0.1, 0.15) is 0 Å². The molecule has 0 radical (unpaired) electrons. The summed E-state index contributed by atoms with van der Waals surface area (Å²) in [6.45, 7) is -0.711. The number of aliphatic hydroxyl groups excluding tert-OH is 5. The van der Waals surface area contributed by atoms with E-state index >= 15 is 0 Å². The lowest BCUT2D eigenvalue weighted by Crippen LogP contribution is -2.47. The molecule has 1 aromatic heterocycles. The molecule has 1 aromatic rings. The van der Waals surface area contributed by atoms with Crippen LogP contribution in [-0.2, 0) is 9.78 Å². The normalized spacial score (nSPS) is 19.6. The Balaban J connectivity index is 0.000000434. The van der Waals surface area contributed by atoms with E-state index in [1.54, 1.807) is 12.4 Å². The topological polar surface area (TPSA) is 139 Å². The summed E-state index contributed by atoms with van der Waals surface area (Å²) >= 11 is 0. The SMILES string of the molecule is Cl.OC[C@@H](O)[C@@H](O)[C@H](O)[C@@H](O)C1OO1.c1ccncc1. The molecule has 0 saturated carbocycles. The van der Waals surface area contributed by atoms with Gasteiger partial charge in [0.25, 0.3) is 6.29 Å². The maximum Gasteiger partial charge on any atom is 0.252 e. The molecular formula is C11H18ClNO7. The van der Waals surface area contributed by atoms with Crippen molar-refractivity contribution in [1.82, 2.24) is 4.98 Å². The molecule has 0 aliphatic carbocycles. The molecule has 5 N–H and O–H groups in total. The number of hydrogen-bond donors (Lipinski definition) is 5. The summed E-state index contributed by atoms with van der Waals surface area (Å²) in [4.78, 5) is 12.2. The smallest absolute Gasteiger partial charge is 0.252 e. The minimum Gasteiger partial charge on any atom is -0.394 e. The molecule has 0 amide bonds. The van der Waals surface area contributed by atoms with Crippen LogP contribution in [-0.4, -0.2) is 67.8 Å². The lowest BCUT2D eigenvalue weighted by molar-refractivity contribution is -0.120. The molecule has 1 saturated heterocycles. The van der Waals surface area contributed by atoms with Crippen LogP contribution in [0.25, 0.3) is 0 Å². The van der Waals surface area contributed by atoms with Crippen molar-refractivity contribution in [3.05, 3.63) is 30.6 Å². The zero-order valence-electron chi connectivity index (χ0n) is 10.4. The van der Waals surface area contributed by atoms with Crippen molar-refractivity contribution >= 4 is 12.4 Å². The molecule has 8 nitrogen and oxygen atoms in total. The van der Waals surface area contributed by atoms with Gasteiger partial charge in [-0.3, -0.25) is 4.98 Å². The molecule has 116 valence electrons. The largest absolute Gasteiger partial charge is 0.394 e. The van der Waals surface area contributed by atoms with Crippen LogP contribution in [0, 0.1) is 0 Å². The Kier molecular flexibility index (Phi) is 9.55. The fourth-order valence-corrected chi connectivity index (χ4v) is 1.16. The number of rotatable bonds is 5. The lowest BCUT2D eigenvalue weighted by Gasteiger charge is -2.23. The molecule has 9 heteroatoms. The van der Waals surface area contributed by atoms with Gasteiger partial charge in [0.2, 0.25) is 0 Å². The van der Waals surface area contributed by atoms with Crippen molar-refractivity contribution in [2.24, 2.45) is 0 Å². The molecule has 0 aromatic carbocycles. The number of aromatic nitrogens is 1. The summed E-state index contributed by atoms with van der Waals surface area (Å²) in [7, 11) is 0. The molecular weight excluding hydrogens is 294 g/mol. The highest BCUT2D eigenvalue weighted by Crippen LogP contribution is 2.21. The van der Waals surface area contributed by atoms with Gasteiger partial charge < -0.3 is 25.5 Å². The van der Waals surface area contributed by atoms with Crippen molar-refractivity contribution in [3.63, 3.8) is 0 Å². The van der Waals surface area contributed by atoms with E-state index in [1.807, 2.05) is 18.2 Å². The van der Waals surface area contributed by atoms with E-state index in [1.165, 1.54) is 0 Å². The van der Waals surface area contributed by atoms with Gasteiger partial charge in [-0.15, -0.1) is 12.4 Å². The summed E-state index contributed by atoms with van der Waals surface area (Å²) in [5.41, 5.74) is 0. The van der Waals surface area contributed by atoms with Crippen LogP contribution in [0.15, 0.2) is 30.6 Å². The molecule has 1 aliphatic heterocycles. The van der Waals surface area contributed by atoms with Crippen LogP contribution in [0.5, 0.6) is 0 Å². The monoisotopic (exact) mass is 311 g/mol. The Morgan fingerprint density at radius 3 is 1.80 bits per heavy atom. The molecule has 1 fully saturated rings. The first kappa shape index (κ1) is 19.2. The van der Waals surface area contributed by atoms with Gasteiger partial charge in [-0.25, -0.2) is 0 Å². The van der Waals surface area contributed by atoms with Gasteiger partial charge in [0, 0.05) is 12.4 Å². The molecule has 0 spiro atoms. The van der Waals surface area contributed by atoms with Gasteiger partial charge in [0.15, 0.2) is 0 Å². The summed E-state index contributed by atoms with van der Waals surface area (Å²) in [5, 5.41) is 44.7. The van der Waals surface area contributed by atoms with E-state index in [0.717, 1.165) is 0 Å². The number of aliphatic hydroxyl groups is 5. The second-order valence-corrected chi connectivity index (χ2v) is 3.81. The van der Waals surface area contributed by atoms with Crippen molar-refractivity contribution in [3.8, 4) is 0 Å². The zero-order chi connectivity index (χ0) is 14.3. The van der Waals surface area contributed by atoms with Gasteiger partial charge in [-0.1, -0.05) is 6.07 Å². The van der Waals surface area contributed by atoms with E-state index in [4.69, 9.17) is 25.5 Å². The highest BCUT2D eigenvalue weighted by atomic mass is 35.5. The highest BCUT2D eigenvalue weighted by Gasteiger charge is 2.43. The maximum atomic E-state index is 9.17. The standard InChI is InChI=1S/C6H12O7.C5H5N.ClH/c7-1-2(8)3(9)4(10)5(11)6-12-13-6;1-2-4-6-5-3-1;/h2-11H,1H2;1-5H;1H/t2-,3-,4+,5-;;/m1../s1. The van der Waals surface area contributed by atoms with Gasteiger partial charge in [0.1, 0.15) is 24.4 Å². The van der Waals surface area contributed by atoms with Crippen molar-refractivity contribution in [1.29, 1.82) is 0 Å². The Morgan fingerprint density at radius 2 is 1.50 bits per heavy atom. The fourth-order valence-electron chi connectivity index (χ4n) is 1.16. The van der Waals surface area contributed by atoms with Crippen molar-refractivity contribution in [2.75, 3.05) is 6.61 Å². The van der Waals surface area contributed by atoms with Gasteiger partial charge in [-0.2, -0.15) is 9.78 Å². The number of nitrogens with zero attached hydrogens (tertiary/aromatic N) is 1. The first-order valence-electron chi connectivity index (χ1n) is 5.58. The predicted octanol–water partition coefficient (Wildman–Crippen LogP) is -1.79. The zero-order valence-corrected chi connectivity index (χ0v) is 11.2. The van der Waals surface area contributed by atoms with E-state index in [9.17, 15) is 0 Å². The van der Waals surface area contributed by atoms with Gasteiger partial charge in [0.05, 0.1) is 6.61 Å². The molecule has 2 heterocycles. The fraction of sp³-hybridized carbons (Fsp3) is 0.545. The van der Waals surface area contributed by atoms with Crippen molar-refractivity contribution in [2.45, 2.75) is 30.7 Å². The molecule has 4 atom stereocenters. The van der Waals surface area contributed by atoms with Crippen LogP contribution >= 0.6 is 12.4 Å². The van der Waals surface area contributed by atoms with Gasteiger partial charge >= 0.3 is 0 Å². The average Bonchev–Trinajstić information content (AvgIpc) is 3.31. The van der Waals surface area contributed by atoms with E-state index in [0.29, 0.717) is 0 Å². The lowest BCUT2D eigenvalue weighted by atomic mass is 10.0. The first-order chi connectivity index (χ1) is 9.07. The molecule has 0 bridgehead atoms. The van der Waals surface area contributed by atoms with E-state index in [2.05, 4.69) is 14.8 Å². The summed E-state index contributed by atoms with van der Waals surface area (Å²) in [5.74, 6) is 0. The highest BCUT2D eigenvalue weighted by molar-refractivity contribution is 5.85. The maximum absolute atomic E-state index is 9.17. The third-order valence-corrected chi connectivity index (χ3v) is 2.33. The predicted molar refractivity (Wildman–Crippen MR) is 68.6 cm³/mol. The quantitative estimate of drug-likeness (QED) is 0.317. The van der Waals surface area contributed by atoms with Crippen LogP contribution in [0.4, 0.5) is 0 Å². The third-order valence-electron chi connectivity index (χ3n) is 2.33. The average molecular weight is 312 g/mol. The number of pyridine rings is 1. The van der Waals surface area contributed by atoms with Crippen LogP contribution in [0.2, 0.25) is 0 Å². The van der Waals surface area contributed by atoms with Crippen LogP contribution < -0.4 is 0 Å². The summed E-state index contributed by atoms with van der Waals surface area (Å²) < 4.78 is 0. The number of hydrogen-bond acceptors (Lipinski definition) is 8. The Bertz CT molecular complexity index is 314. The third kappa shape index (κ3) is 6.55. The second kappa shape index (κ2) is 9.97. The second-order valence-electron chi connectivity index (χ2n) is 3.81. The Morgan fingerprint density at radius 1 is 0.950 bits per heavy atom.